The summed E-state index contributed by atoms with van der Waals surface area (Å²) in [6.45, 7) is 1.94. The maximum absolute atomic E-state index is 12.0. The summed E-state index contributed by atoms with van der Waals surface area (Å²) >= 11 is 0. The normalized spacial score (nSPS) is 11.8. The molecule has 0 saturated carbocycles. The summed E-state index contributed by atoms with van der Waals surface area (Å²) in [6.07, 6.45) is 0. The minimum atomic E-state index is -1.44. The number of benzene rings is 2. The minimum Gasteiger partial charge on any atom is -0.301 e. The van der Waals surface area contributed by atoms with Crippen LogP contribution in [0.25, 0.3) is 0 Å². The second-order valence-corrected chi connectivity index (χ2v) is 5.20. The van der Waals surface area contributed by atoms with Crippen molar-refractivity contribution in [3.05, 3.63) is 64.2 Å². The van der Waals surface area contributed by atoms with Crippen molar-refractivity contribution in [2.24, 2.45) is 0 Å². The molecule has 98 valence electrons. The van der Waals surface area contributed by atoms with E-state index in [4.69, 9.17) is 0 Å². The van der Waals surface area contributed by atoms with Crippen LogP contribution in [0.15, 0.2) is 53.4 Å². The van der Waals surface area contributed by atoms with E-state index >= 15 is 0 Å². The average Bonchev–Trinajstić information content (AvgIpc) is 2.39. The van der Waals surface area contributed by atoms with E-state index < -0.39 is 15.9 Å². The van der Waals surface area contributed by atoms with Crippen LogP contribution in [0.4, 0.5) is 11.4 Å². The topological polar surface area (TPSA) is 72.2 Å². The first kappa shape index (κ1) is 13.2. The molecular formula is C13H12N2O3S. The van der Waals surface area contributed by atoms with Gasteiger partial charge in [-0.1, -0.05) is 12.1 Å². The molecule has 0 spiro atoms. The Morgan fingerprint density at radius 3 is 2.42 bits per heavy atom. The third-order valence-electron chi connectivity index (χ3n) is 2.49. The van der Waals surface area contributed by atoms with E-state index in [0.29, 0.717) is 4.90 Å². The molecule has 0 fully saturated rings. The molecule has 2 rings (SSSR count). The number of aryl methyl sites for hydroxylation is 1. The van der Waals surface area contributed by atoms with Crippen LogP contribution >= 0.6 is 0 Å². The lowest BCUT2D eigenvalue weighted by Crippen LogP contribution is -2.04. The van der Waals surface area contributed by atoms with Gasteiger partial charge in [-0.2, -0.15) is 0 Å². The van der Waals surface area contributed by atoms with Crippen molar-refractivity contribution in [1.29, 1.82) is 0 Å². The Bertz CT molecular complexity index is 626. The van der Waals surface area contributed by atoms with E-state index in [9.17, 15) is 14.3 Å². The van der Waals surface area contributed by atoms with Crippen molar-refractivity contribution < 1.29 is 9.13 Å². The van der Waals surface area contributed by atoms with Crippen molar-refractivity contribution in [1.82, 2.24) is 0 Å². The van der Waals surface area contributed by atoms with Crippen LogP contribution in [-0.2, 0) is 11.0 Å². The Kier molecular flexibility index (Phi) is 3.91. The van der Waals surface area contributed by atoms with Gasteiger partial charge < -0.3 is 4.72 Å². The molecule has 2 aromatic rings. The van der Waals surface area contributed by atoms with Gasteiger partial charge in [-0.15, -0.1) is 0 Å². The van der Waals surface area contributed by atoms with Gasteiger partial charge in [0.2, 0.25) is 0 Å². The third kappa shape index (κ3) is 3.38. The van der Waals surface area contributed by atoms with Gasteiger partial charge in [0.1, 0.15) is 11.0 Å². The van der Waals surface area contributed by atoms with Gasteiger partial charge in [0.15, 0.2) is 0 Å². The molecule has 19 heavy (non-hydrogen) atoms. The zero-order valence-electron chi connectivity index (χ0n) is 10.2. The van der Waals surface area contributed by atoms with Crippen LogP contribution in [0.2, 0.25) is 0 Å². The van der Waals surface area contributed by atoms with Crippen LogP contribution in [0, 0.1) is 17.0 Å². The summed E-state index contributed by atoms with van der Waals surface area (Å²) in [6, 6.07) is 13.1. The van der Waals surface area contributed by atoms with Gasteiger partial charge in [-0.05, 0) is 36.8 Å². The van der Waals surface area contributed by atoms with Gasteiger partial charge in [0.25, 0.3) is 5.69 Å². The van der Waals surface area contributed by atoms with Gasteiger partial charge in [-0.3, -0.25) is 10.1 Å². The maximum Gasteiger partial charge on any atom is 0.269 e. The smallest absolute Gasteiger partial charge is 0.269 e. The summed E-state index contributed by atoms with van der Waals surface area (Å²) in [5.74, 6) is 0. The van der Waals surface area contributed by atoms with Crippen molar-refractivity contribution in [2.75, 3.05) is 4.72 Å². The fourth-order valence-corrected chi connectivity index (χ4v) is 2.41. The Balaban J connectivity index is 2.14. The number of anilines is 1. The first-order valence-electron chi connectivity index (χ1n) is 5.56. The molecule has 0 aliphatic rings. The number of hydrogen-bond donors (Lipinski definition) is 1. The zero-order valence-corrected chi connectivity index (χ0v) is 11.0. The molecular weight excluding hydrogens is 264 g/mol. The molecule has 0 heterocycles. The molecule has 0 aliphatic heterocycles. The Morgan fingerprint density at radius 1 is 1.16 bits per heavy atom. The predicted molar refractivity (Wildman–Crippen MR) is 74.3 cm³/mol. The van der Waals surface area contributed by atoms with E-state index in [0.717, 1.165) is 11.3 Å². The van der Waals surface area contributed by atoms with Gasteiger partial charge in [0, 0.05) is 17.8 Å². The highest BCUT2D eigenvalue weighted by molar-refractivity contribution is 7.86. The molecule has 0 radical (unpaired) electrons. The molecule has 0 amide bonds. The molecule has 0 bridgehead atoms. The van der Waals surface area contributed by atoms with E-state index in [1.807, 2.05) is 31.2 Å². The highest BCUT2D eigenvalue weighted by Gasteiger charge is 2.08. The number of hydrogen-bond acceptors (Lipinski definition) is 3. The van der Waals surface area contributed by atoms with Gasteiger partial charge in [-0.25, -0.2) is 4.21 Å². The first-order valence-corrected chi connectivity index (χ1v) is 6.71. The number of rotatable bonds is 4. The standard InChI is InChI=1S/C13H12N2O3S/c1-10-3-2-4-11(9-10)14-19(18)13-7-5-12(6-8-13)15(16)17/h2-9,14H,1H3. The number of nitrogens with one attached hydrogen (secondary N) is 1. The van der Waals surface area contributed by atoms with Crippen LogP contribution in [0.5, 0.6) is 0 Å². The SMILES string of the molecule is Cc1cccc(NS(=O)c2ccc([N+](=O)[O-])cc2)c1. The molecule has 5 nitrogen and oxygen atoms in total. The van der Waals surface area contributed by atoms with E-state index in [-0.39, 0.29) is 5.69 Å². The quantitative estimate of drug-likeness (QED) is 0.689. The minimum absolute atomic E-state index is 0.0173. The lowest BCUT2D eigenvalue weighted by atomic mass is 10.2. The summed E-state index contributed by atoms with van der Waals surface area (Å²) in [5.41, 5.74) is 1.79. The molecule has 0 saturated heterocycles. The summed E-state index contributed by atoms with van der Waals surface area (Å²) in [7, 11) is -1.44. The highest BCUT2D eigenvalue weighted by atomic mass is 32.2. The van der Waals surface area contributed by atoms with Crippen molar-refractivity contribution in [3.8, 4) is 0 Å². The zero-order chi connectivity index (χ0) is 13.8. The van der Waals surface area contributed by atoms with E-state index in [1.165, 1.54) is 24.3 Å². The summed E-state index contributed by atoms with van der Waals surface area (Å²) < 4.78 is 14.9. The van der Waals surface area contributed by atoms with E-state index in [2.05, 4.69) is 4.72 Å². The van der Waals surface area contributed by atoms with Crippen molar-refractivity contribution in [3.63, 3.8) is 0 Å². The van der Waals surface area contributed by atoms with Gasteiger partial charge in [0.05, 0.1) is 9.82 Å². The van der Waals surface area contributed by atoms with E-state index in [1.54, 1.807) is 0 Å². The molecule has 1 unspecified atom stereocenters. The predicted octanol–water partition coefficient (Wildman–Crippen LogP) is 3.04. The molecule has 1 N–H and O–H groups in total. The Labute approximate surface area is 113 Å². The number of nitrogens with zero attached hydrogens (tertiary/aromatic N) is 1. The second kappa shape index (κ2) is 5.62. The molecule has 2 aromatic carbocycles. The van der Waals surface area contributed by atoms with Gasteiger partial charge >= 0.3 is 0 Å². The fraction of sp³-hybridized carbons (Fsp3) is 0.0769. The second-order valence-electron chi connectivity index (χ2n) is 3.99. The maximum atomic E-state index is 12.0. The number of nitro benzene ring substituents is 1. The van der Waals surface area contributed by atoms with Crippen LogP contribution in [0.1, 0.15) is 5.56 Å². The van der Waals surface area contributed by atoms with Crippen molar-refractivity contribution >= 4 is 22.4 Å². The lowest BCUT2D eigenvalue weighted by Gasteiger charge is -2.06. The Hall–Kier alpha value is -2.21. The van der Waals surface area contributed by atoms with Crippen LogP contribution in [-0.4, -0.2) is 9.13 Å². The summed E-state index contributed by atoms with van der Waals surface area (Å²) in [4.78, 5) is 10.5. The number of nitro groups is 1. The molecule has 0 aliphatic carbocycles. The fourth-order valence-electron chi connectivity index (χ4n) is 1.57. The summed E-state index contributed by atoms with van der Waals surface area (Å²) in [5, 5.41) is 10.5. The molecule has 1 atom stereocenters. The van der Waals surface area contributed by atoms with Crippen molar-refractivity contribution in [2.45, 2.75) is 11.8 Å². The lowest BCUT2D eigenvalue weighted by molar-refractivity contribution is -0.384. The third-order valence-corrected chi connectivity index (χ3v) is 3.61. The van der Waals surface area contributed by atoms with Crippen LogP contribution in [0.3, 0.4) is 0 Å². The Morgan fingerprint density at radius 2 is 1.84 bits per heavy atom. The molecule has 6 heteroatoms. The average molecular weight is 276 g/mol. The first-order chi connectivity index (χ1) is 9.06. The monoisotopic (exact) mass is 276 g/mol. The molecule has 0 aromatic heterocycles. The highest BCUT2D eigenvalue weighted by Crippen LogP contribution is 2.17. The number of non-ortho nitro benzene ring substituents is 1. The van der Waals surface area contributed by atoms with Crippen LogP contribution < -0.4 is 4.72 Å². The largest absolute Gasteiger partial charge is 0.301 e.